The molecular weight excluding hydrogens is 254 g/mol. The van der Waals surface area contributed by atoms with E-state index >= 15 is 0 Å². The van der Waals surface area contributed by atoms with Gasteiger partial charge in [-0.05, 0) is 24.5 Å². The first-order valence-corrected chi connectivity index (χ1v) is 7.22. The van der Waals surface area contributed by atoms with Crippen molar-refractivity contribution in [3.63, 3.8) is 0 Å². The topological polar surface area (TPSA) is 58.8 Å². The maximum absolute atomic E-state index is 12.7. The number of para-hydroxylation sites is 1. The Labute approximate surface area is 119 Å². The molecule has 0 unspecified atom stereocenters. The van der Waals surface area contributed by atoms with E-state index in [2.05, 4.69) is 0 Å². The Bertz CT molecular complexity index is 482. The van der Waals surface area contributed by atoms with Gasteiger partial charge < -0.3 is 20.3 Å². The molecule has 0 spiro atoms. The average molecular weight is 275 g/mol. The van der Waals surface area contributed by atoms with E-state index in [4.69, 9.17) is 10.5 Å². The second-order valence-corrected chi connectivity index (χ2v) is 5.44. The Morgan fingerprint density at radius 3 is 2.65 bits per heavy atom. The van der Waals surface area contributed by atoms with Crippen LogP contribution in [0, 0.1) is 0 Å². The Kier molecular flexibility index (Phi) is 3.78. The lowest BCUT2D eigenvalue weighted by Gasteiger charge is -2.33. The van der Waals surface area contributed by atoms with Crippen LogP contribution in [0.4, 0.5) is 10.5 Å². The minimum absolute atomic E-state index is 0.124. The first-order valence-electron chi connectivity index (χ1n) is 7.22. The molecule has 108 valence electrons. The van der Waals surface area contributed by atoms with Crippen molar-refractivity contribution in [3.05, 3.63) is 29.8 Å². The third-order valence-corrected chi connectivity index (χ3v) is 3.91. The van der Waals surface area contributed by atoms with E-state index in [-0.39, 0.29) is 6.03 Å². The predicted molar refractivity (Wildman–Crippen MR) is 77.2 cm³/mol. The number of nitrogens with two attached hydrogens (primary N) is 1. The lowest BCUT2D eigenvalue weighted by atomic mass is 10.1. The molecule has 1 aromatic carbocycles. The van der Waals surface area contributed by atoms with Crippen LogP contribution in [0.5, 0.6) is 0 Å². The molecule has 3 rings (SSSR count). The Morgan fingerprint density at radius 1 is 1.30 bits per heavy atom. The Balaban J connectivity index is 1.72. The number of morpholine rings is 1. The zero-order valence-corrected chi connectivity index (χ0v) is 11.6. The molecule has 0 aromatic heterocycles. The van der Waals surface area contributed by atoms with E-state index in [0.717, 1.165) is 24.1 Å². The van der Waals surface area contributed by atoms with E-state index in [1.54, 1.807) is 0 Å². The first-order chi connectivity index (χ1) is 9.75. The quantitative estimate of drug-likeness (QED) is 0.854. The van der Waals surface area contributed by atoms with Crippen molar-refractivity contribution in [1.29, 1.82) is 0 Å². The molecule has 5 nitrogen and oxygen atoms in total. The molecule has 1 aliphatic carbocycles. The number of amides is 2. The van der Waals surface area contributed by atoms with Gasteiger partial charge in [-0.3, -0.25) is 0 Å². The molecule has 1 saturated carbocycles. The van der Waals surface area contributed by atoms with E-state index in [1.165, 1.54) is 0 Å². The lowest BCUT2D eigenvalue weighted by Crippen LogP contribution is -2.48. The highest BCUT2D eigenvalue weighted by Gasteiger charge is 2.35. The number of rotatable bonds is 3. The molecule has 2 fully saturated rings. The van der Waals surface area contributed by atoms with E-state index in [0.29, 0.717) is 38.9 Å². The molecule has 0 bridgehead atoms. The zero-order chi connectivity index (χ0) is 13.9. The van der Waals surface area contributed by atoms with E-state index in [1.807, 2.05) is 34.1 Å². The van der Waals surface area contributed by atoms with Crippen molar-refractivity contribution >= 4 is 11.7 Å². The Morgan fingerprint density at radius 2 is 2.00 bits per heavy atom. The average Bonchev–Trinajstić information content (AvgIpc) is 3.31. The summed E-state index contributed by atoms with van der Waals surface area (Å²) < 4.78 is 5.31. The van der Waals surface area contributed by atoms with E-state index in [9.17, 15) is 4.79 Å². The molecule has 2 aliphatic rings. The smallest absolute Gasteiger partial charge is 0.320 e. The van der Waals surface area contributed by atoms with Crippen LogP contribution in [0.25, 0.3) is 0 Å². The third-order valence-electron chi connectivity index (χ3n) is 3.91. The van der Waals surface area contributed by atoms with Crippen molar-refractivity contribution in [3.8, 4) is 0 Å². The largest absolute Gasteiger partial charge is 0.398 e. The number of nitrogens with zero attached hydrogens (tertiary/aromatic N) is 2. The summed E-state index contributed by atoms with van der Waals surface area (Å²) in [4.78, 5) is 16.5. The van der Waals surface area contributed by atoms with Gasteiger partial charge in [0, 0.05) is 31.4 Å². The van der Waals surface area contributed by atoms with Crippen LogP contribution in [-0.2, 0) is 11.3 Å². The van der Waals surface area contributed by atoms with Crippen molar-refractivity contribution in [2.75, 3.05) is 32.0 Å². The molecule has 20 heavy (non-hydrogen) atoms. The summed E-state index contributed by atoms with van der Waals surface area (Å²) >= 11 is 0. The molecule has 2 amide bonds. The lowest BCUT2D eigenvalue weighted by molar-refractivity contribution is 0.0418. The fourth-order valence-electron chi connectivity index (χ4n) is 2.54. The van der Waals surface area contributed by atoms with Crippen molar-refractivity contribution in [1.82, 2.24) is 9.80 Å². The number of anilines is 1. The van der Waals surface area contributed by atoms with Crippen LogP contribution in [0.15, 0.2) is 24.3 Å². The molecule has 1 saturated heterocycles. The van der Waals surface area contributed by atoms with Crippen LogP contribution < -0.4 is 5.73 Å². The standard InChI is InChI=1S/C15H21N3O2/c16-14-4-2-1-3-12(14)11-18(13-5-6-13)15(19)17-7-9-20-10-8-17/h1-4,13H,5-11,16H2. The van der Waals surface area contributed by atoms with Gasteiger partial charge in [0.2, 0.25) is 0 Å². The Hall–Kier alpha value is -1.75. The SMILES string of the molecule is Nc1ccccc1CN(C(=O)N1CCOCC1)C1CC1. The summed E-state index contributed by atoms with van der Waals surface area (Å²) in [6, 6.07) is 8.28. The highest BCUT2D eigenvalue weighted by atomic mass is 16.5. The van der Waals surface area contributed by atoms with Gasteiger partial charge in [0.25, 0.3) is 0 Å². The molecular formula is C15H21N3O2. The maximum atomic E-state index is 12.7. The van der Waals surface area contributed by atoms with Crippen LogP contribution in [0.3, 0.4) is 0 Å². The summed E-state index contributed by atoms with van der Waals surface area (Å²) in [7, 11) is 0. The fourth-order valence-corrected chi connectivity index (χ4v) is 2.54. The number of carbonyl (C=O) groups is 1. The maximum Gasteiger partial charge on any atom is 0.320 e. The van der Waals surface area contributed by atoms with Crippen LogP contribution in [0.2, 0.25) is 0 Å². The summed E-state index contributed by atoms with van der Waals surface area (Å²) in [6.45, 7) is 3.25. The summed E-state index contributed by atoms with van der Waals surface area (Å²) in [5.74, 6) is 0. The van der Waals surface area contributed by atoms with Crippen molar-refractivity contribution in [2.45, 2.75) is 25.4 Å². The molecule has 1 aromatic rings. The molecule has 1 heterocycles. The first kappa shape index (κ1) is 13.2. The second kappa shape index (κ2) is 5.71. The van der Waals surface area contributed by atoms with Gasteiger partial charge in [-0.1, -0.05) is 18.2 Å². The zero-order valence-electron chi connectivity index (χ0n) is 11.6. The number of urea groups is 1. The van der Waals surface area contributed by atoms with Crippen molar-refractivity contribution < 1.29 is 9.53 Å². The van der Waals surface area contributed by atoms with E-state index < -0.39 is 0 Å². The fraction of sp³-hybridized carbons (Fsp3) is 0.533. The summed E-state index contributed by atoms with van der Waals surface area (Å²) in [5, 5.41) is 0. The van der Waals surface area contributed by atoms with Gasteiger partial charge in [-0.25, -0.2) is 4.79 Å². The molecule has 0 radical (unpaired) electrons. The van der Waals surface area contributed by atoms with Gasteiger partial charge in [0.1, 0.15) is 0 Å². The van der Waals surface area contributed by atoms with Crippen molar-refractivity contribution in [2.24, 2.45) is 0 Å². The monoisotopic (exact) mass is 275 g/mol. The van der Waals surface area contributed by atoms with Crippen LogP contribution in [0.1, 0.15) is 18.4 Å². The second-order valence-electron chi connectivity index (χ2n) is 5.44. The third kappa shape index (κ3) is 2.88. The normalized spacial score (nSPS) is 18.9. The number of benzene rings is 1. The van der Waals surface area contributed by atoms with Gasteiger partial charge in [-0.2, -0.15) is 0 Å². The highest BCUT2D eigenvalue weighted by Crippen LogP contribution is 2.30. The number of carbonyl (C=O) groups excluding carboxylic acids is 1. The summed E-state index contributed by atoms with van der Waals surface area (Å²) in [6.07, 6.45) is 2.20. The molecule has 5 heteroatoms. The number of nitrogen functional groups attached to an aromatic ring is 1. The summed E-state index contributed by atoms with van der Waals surface area (Å²) in [5.41, 5.74) is 7.78. The predicted octanol–water partition coefficient (Wildman–Crippen LogP) is 1.69. The van der Waals surface area contributed by atoms with Gasteiger partial charge in [0.05, 0.1) is 13.2 Å². The number of hydrogen-bond acceptors (Lipinski definition) is 3. The number of ether oxygens (including phenoxy) is 1. The minimum Gasteiger partial charge on any atom is -0.398 e. The van der Waals surface area contributed by atoms with Crippen LogP contribution >= 0.6 is 0 Å². The minimum atomic E-state index is 0.124. The highest BCUT2D eigenvalue weighted by molar-refractivity contribution is 5.75. The molecule has 0 atom stereocenters. The van der Waals surface area contributed by atoms with Gasteiger partial charge >= 0.3 is 6.03 Å². The van der Waals surface area contributed by atoms with Crippen LogP contribution in [-0.4, -0.2) is 48.2 Å². The number of hydrogen-bond donors (Lipinski definition) is 1. The molecule has 1 aliphatic heterocycles. The van der Waals surface area contributed by atoms with Gasteiger partial charge in [0.15, 0.2) is 0 Å². The molecule has 2 N–H and O–H groups in total. The van der Waals surface area contributed by atoms with Gasteiger partial charge in [-0.15, -0.1) is 0 Å².